The first-order chi connectivity index (χ1) is 22.8. The molecule has 5 aromatic rings. The second-order valence-electron chi connectivity index (χ2n) is 11.4. The van der Waals surface area contributed by atoms with Gasteiger partial charge in [-0.15, -0.1) is 0 Å². The Morgan fingerprint density at radius 2 is 1.72 bits per heavy atom. The van der Waals surface area contributed by atoms with Gasteiger partial charge >= 0.3 is 0 Å². The van der Waals surface area contributed by atoms with Gasteiger partial charge in [0, 0.05) is 74.1 Å². The molecular weight excluding hydrogens is 588 g/mol. The average Bonchev–Trinajstić information content (AvgIpc) is 3.73. The Kier molecular flexibility index (Phi) is 10.8. The number of hydrogen-bond acceptors (Lipinski definition) is 8. The van der Waals surface area contributed by atoms with E-state index in [9.17, 15) is 10.1 Å². The average molecular weight is 627 g/mol. The van der Waals surface area contributed by atoms with Crippen molar-refractivity contribution in [2.75, 3.05) is 11.4 Å². The van der Waals surface area contributed by atoms with Crippen LogP contribution in [0.5, 0.6) is 0 Å². The molecule has 0 radical (unpaired) electrons. The van der Waals surface area contributed by atoms with Crippen LogP contribution in [0.3, 0.4) is 0 Å². The number of rotatable bonds is 14. The number of nitrogens with zero attached hydrogens (tertiary/aromatic N) is 10. The van der Waals surface area contributed by atoms with Crippen LogP contribution < -0.4 is 4.90 Å². The van der Waals surface area contributed by atoms with Crippen molar-refractivity contribution in [3.05, 3.63) is 103 Å². The number of carbonyl (C=O) groups is 1. The van der Waals surface area contributed by atoms with E-state index in [0.29, 0.717) is 35.6 Å². The monoisotopic (exact) mass is 626 g/mol. The van der Waals surface area contributed by atoms with E-state index in [1.165, 1.54) is 6.20 Å². The Balaban J connectivity index is 1.31. The predicted molar refractivity (Wildman–Crippen MR) is 183 cm³/mol. The van der Waals surface area contributed by atoms with E-state index in [0.717, 1.165) is 47.9 Å². The summed E-state index contributed by atoms with van der Waals surface area (Å²) in [5.74, 6) is 0.860. The molecule has 11 nitrogen and oxygen atoms in total. The van der Waals surface area contributed by atoms with Crippen molar-refractivity contribution in [1.29, 1.82) is 5.26 Å². The van der Waals surface area contributed by atoms with Crippen LogP contribution in [0.2, 0.25) is 0 Å². The number of amides is 1. The molecule has 0 aliphatic carbocycles. The summed E-state index contributed by atoms with van der Waals surface area (Å²) in [6.07, 6.45) is 16.2. The van der Waals surface area contributed by atoms with Gasteiger partial charge in [-0.25, -0.2) is 19.9 Å². The van der Waals surface area contributed by atoms with E-state index in [-0.39, 0.29) is 17.8 Å². The molecule has 0 fully saturated rings. The maximum Gasteiger partial charge on any atom is 0.255 e. The zero-order valence-corrected chi connectivity index (χ0v) is 27.0. The Hall–Kier alpha value is -5.76. The van der Waals surface area contributed by atoms with Gasteiger partial charge in [-0.05, 0) is 42.9 Å². The quantitative estimate of drug-likeness (QED) is 0.105. The van der Waals surface area contributed by atoms with Crippen molar-refractivity contribution in [3.8, 4) is 28.5 Å². The number of benzene rings is 1. The van der Waals surface area contributed by atoms with Crippen LogP contribution in [0, 0.1) is 17.2 Å². The molecule has 5 rings (SSSR count). The van der Waals surface area contributed by atoms with Gasteiger partial charge in [0.05, 0.1) is 29.8 Å². The molecule has 238 valence electrons. The summed E-state index contributed by atoms with van der Waals surface area (Å²) in [7, 11) is 3.68. The van der Waals surface area contributed by atoms with Crippen molar-refractivity contribution >= 4 is 23.9 Å². The van der Waals surface area contributed by atoms with E-state index >= 15 is 0 Å². The number of hydrogen-bond donors (Lipinski definition) is 0. The molecule has 0 aliphatic heterocycles. The SMILES string of the molecule is C=C(Cc1ccccc1)C(=O)N(CCCC(C=Nc1ncc(C#N)c(-c2cnn(C)c2)n1)CCC)c1ccc(-c2cnn(C)c2)cn1. The minimum atomic E-state index is -0.148. The predicted octanol–water partition coefficient (Wildman–Crippen LogP) is 6.28. The highest BCUT2D eigenvalue weighted by atomic mass is 16.2. The number of anilines is 1. The number of aliphatic imine (C=N–C) groups is 1. The lowest BCUT2D eigenvalue weighted by Crippen LogP contribution is -2.34. The second-order valence-corrected chi connectivity index (χ2v) is 11.4. The fourth-order valence-electron chi connectivity index (χ4n) is 5.34. The van der Waals surface area contributed by atoms with Crippen LogP contribution in [0.1, 0.15) is 43.7 Å². The van der Waals surface area contributed by atoms with Gasteiger partial charge in [0.2, 0.25) is 5.95 Å². The fraction of sp³-hybridized carbons (Fsp3) is 0.278. The van der Waals surface area contributed by atoms with E-state index in [2.05, 4.69) is 49.7 Å². The highest BCUT2D eigenvalue weighted by molar-refractivity contribution is 6.05. The molecule has 0 bridgehead atoms. The molecule has 1 amide bonds. The van der Waals surface area contributed by atoms with Gasteiger partial charge < -0.3 is 0 Å². The maximum atomic E-state index is 13.8. The third kappa shape index (κ3) is 8.49. The summed E-state index contributed by atoms with van der Waals surface area (Å²) in [5.41, 5.74) is 5.01. The lowest BCUT2D eigenvalue weighted by Gasteiger charge is -2.24. The fourth-order valence-corrected chi connectivity index (χ4v) is 5.34. The number of aromatic nitrogens is 7. The Labute approximate surface area is 275 Å². The van der Waals surface area contributed by atoms with Gasteiger partial charge in [-0.3, -0.25) is 19.1 Å². The Morgan fingerprint density at radius 3 is 2.36 bits per heavy atom. The van der Waals surface area contributed by atoms with E-state index < -0.39 is 0 Å². The lowest BCUT2D eigenvalue weighted by atomic mass is 9.99. The Bertz CT molecular complexity index is 1880. The standard InChI is InChI=1S/C36H38N10O/c1-5-10-28(19-39-36-40-21-30(18-37)34(43-36)32-23-42-45(4)25-32)13-9-16-46(35(47)26(2)17-27-11-7-6-8-12-27)33-15-14-29(20-38-33)31-22-41-44(3)24-31/h6-8,11-12,14-15,19-25,28H,2,5,9-10,13,16-17H2,1,3-4H3. The zero-order valence-electron chi connectivity index (χ0n) is 27.0. The molecule has 0 spiro atoms. The first-order valence-electron chi connectivity index (χ1n) is 15.6. The lowest BCUT2D eigenvalue weighted by molar-refractivity contribution is -0.115. The Morgan fingerprint density at radius 1 is 0.979 bits per heavy atom. The van der Waals surface area contributed by atoms with Crippen LogP contribution in [0.4, 0.5) is 11.8 Å². The molecule has 1 unspecified atom stereocenters. The summed E-state index contributed by atoms with van der Waals surface area (Å²) >= 11 is 0. The van der Waals surface area contributed by atoms with Crippen molar-refractivity contribution in [1.82, 2.24) is 34.5 Å². The minimum absolute atomic E-state index is 0.145. The molecule has 0 saturated carbocycles. The highest BCUT2D eigenvalue weighted by Gasteiger charge is 2.21. The molecule has 11 heteroatoms. The van der Waals surface area contributed by atoms with Gasteiger partial charge in [0.25, 0.3) is 5.91 Å². The molecule has 0 N–H and O–H groups in total. The number of nitriles is 1. The number of aryl methyl sites for hydroxylation is 2. The normalized spacial score (nSPS) is 11.8. The van der Waals surface area contributed by atoms with Gasteiger partial charge in [0.1, 0.15) is 11.9 Å². The number of carbonyl (C=O) groups excluding carboxylic acids is 1. The second kappa shape index (κ2) is 15.5. The van der Waals surface area contributed by atoms with E-state index in [1.54, 1.807) is 39.1 Å². The van der Waals surface area contributed by atoms with Crippen LogP contribution in [0.15, 0.2) is 96.8 Å². The minimum Gasteiger partial charge on any atom is -0.293 e. The summed E-state index contributed by atoms with van der Waals surface area (Å²) in [4.78, 5) is 33.7. The van der Waals surface area contributed by atoms with Crippen LogP contribution in [0.25, 0.3) is 22.4 Å². The van der Waals surface area contributed by atoms with Crippen molar-refractivity contribution in [2.45, 2.75) is 39.0 Å². The summed E-state index contributed by atoms with van der Waals surface area (Å²) < 4.78 is 3.41. The highest BCUT2D eigenvalue weighted by Crippen LogP contribution is 2.25. The molecule has 0 saturated heterocycles. The largest absolute Gasteiger partial charge is 0.293 e. The van der Waals surface area contributed by atoms with Gasteiger partial charge in [-0.2, -0.15) is 15.5 Å². The first kappa shape index (κ1) is 32.6. The summed E-state index contributed by atoms with van der Waals surface area (Å²) in [6, 6.07) is 15.9. The van der Waals surface area contributed by atoms with Crippen molar-refractivity contribution < 1.29 is 4.79 Å². The molecule has 47 heavy (non-hydrogen) atoms. The van der Waals surface area contributed by atoms with Crippen LogP contribution >= 0.6 is 0 Å². The summed E-state index contributed by atoms with van der Waals surface area (Å²) in [6.45, 7) is 6.76. The van der Waals surface area contributed by atoms with Crippen molar-refractivity contribution in [3.63, 3.8) is 0 Å². The topological polar surface area (TPSA) is 131 Å². The molecule has 1 aromatic carbocycles. The molecular formula is C36H38N10O. The van der Waals surface area contributed by atoms with E-state index in [4.69, 9.17) is 0 Å². The van der Waals surface area contributed by atoms with E-state index in [1.807, 2.05) is 69.0 Å². The molecule has 1 atom stereocenters. The molecule has 4 heterocycles. The third-order valence-electron chi connectivity index (χ3n) is 7.76. The van der Waals surface area contributed by atoms with Crippen LogP contribution in [-0.2, 0) is 25.3 Å². The number of pyridine rings is 1. The summed E-state index contributed by atoms with van der Waals surface area (Å²) in [5, 5.41) is 18.0. The molecule has 4 aromatic heterocycles. The third-order valence-corrected chi connectivity index (χ3v) is 7.76. The maximum absolute atomic E-state index is 13.8. The van der Waals surface area contributed by atoms with Gasteiger partial charge in [-0.1, -0.05) is 50.3 Å². The smallest absolute Gasteiger partial charge is 0.255 e. The first-order valence-corrected chi connectivity index (χ1v) is 15.6. The van der Waals surface area contributed by atoms with Crippen LogP contribution in [-0.4, -0.2) is 53.2 Å². The van der Waals surface area contributed by atoms with Gasteiger partial charge in [0.15, 0.2) is 0 Å². The zero-order chi connectivity index (χ0) is 33.2. The molecule has 0 aliphatic rings. The van der Waals surface area contributed by atoms with Crippen molar-refractivity contribution in [2.24, 2.45) is 25.0 Å².